The highest BCUT2D eigenvalue weighted by molar-refractivity contribution is 7.39. The van der Waals surface area contributed by atoms with Crippen molar-refractivity contribution >= 4 is 8.58 Å². The van der Waals surface area contributed by atoms with Crippen LogP contribution in [0, 0.1) is 0 Å². The van der Waals surface area contributed by atoms with Gasteiger partial charge < -0.3 is 0 Å². The molecule has 0 bridgehead atoms. The average Bonchev–Trinajstić information content (AvgIpc) is 2.34. The number of hydrogen-bond acceptors (Lipinski definition) is 0. The standard InChI is InChI=1S/C12H22P.C2H6/c1-3-7-11(8-4-1)13-12-9-5-2-6-10-12;1-2/h11-12H,1-10H2;1-2H3. The van der Waals surface area contributed by atoms with E-state index in [2.05, 4.69) is 0 Å². The molecule has 0 aromatic carbocycles. The van der Waals surface area contributed by atoms with Gasteiger partial charge in [0, 0.05) is 0 Å². The zero-order valence-corrected chi connectivity index (χ0v) is 11.6. The molecule has 0 amide bonds. The van der Waals surface area contributed by atoms with Crippen LogP contribution in [0.15, 0.2) is 0 Å². The van der Waals surface area contributed by atoms with Gasteiger partial charge in [0.15, 0.2) is 0 Å². The van der Waals surface area contributed by atoms with Gasteiger partial charge in [-0.2, -0.15) is 0 Å². The molecule has 2 fully saturated rings. The van der Waals surface area contributed by atoms with E-state index in [4.69, 9.17) is 0 Å². The molecule has 0 aromatic rings. The minimum Gasteiger partial charge on any atom is -0.0741 e. The van der Waals surface area contributed by atoms with Gasteiger partial charge in [0.2, 0.25) is 0 Å². The zero-order valence-electron chi connectivity index (χ0n) is 10.7. The lowest BCUT2D eigenvalue weighted by Gasteiger charge is -2.28. The second-order valence-corrected chi connectivity index (χ2v) is 6.49. The summed E-state index contributed by atoms with van der Waals surface area (Å²) in [6, 6.07) is 0. The molecule has 0 saturated heterocycles. The lowest BCUT2D eigenvalue weighted by Crippen LogP contribution is -2.14. The van der Waals surface area contributed by atoms with Crippen LogP contribution in [-0.4, -0.2) is 11.3 Å². The molecule has 89 valence electrons. The Kier molecular flexibility index (Phi) is 7.71. The van der Waals surface area contributed by atoms with E-state index in [-0.39, 0.29) is 0 Å². The topological polar surface area (TPSA) is 0 Å². The fraction of sp³-hybridized carbons (Fsp3) is 1.00. The molecule has 2 rings (SSSR count). The van der Waals surface area contributed by atoms with Gasteiger partial charge in [-0.15, -0.1) is 0 Å². The van der Waals surface area contributed by atoms with E-state index in [1.54, 1.807) is 0 Å². The van der Waals surface area contributed by atoms with Crippen molar-refractivity contribution in [3.05, 3.63) is 0 Å². The van der Waals surface area contributed by atoms with Gasteiger partial charge in [0.25, 0.3) is 0 Å². The summed E-state index contributed by atoms with van der Waals surface area (Å²) in [5, 5.41) is 0. The summed E-state index contributed by atoms with van der Waals surface area (Å²) in [6.07, 6.45) is 15.3. The third-order valence-electron chi connectivity index (χ3n) is 3.57. The van der Waals surface area contributed by atoms with E-state index in [1.165, 1.54) is 64.2 Å². The first kappa shape index (κ1) is 13.5. The molecule has 0 aliphatic heterocycles. The van der Waals surface area contributed by atoms with Crippen LogP contribution in [0.5, 0.6) is 0 Å². The third kappa shape index (κ3) is 5.34. The minimum atomic E-state index is 1.09. The van der Waals surface area contributed by atoms with Crippen LogP contribution in [0.2, 0.25) is 0 Å². The monoisotopic (exact) mass is 227 g/mol. The van der Waals surface area contributed by atoms with Crippen LogP contribution >= 0.6 is 8.58 Å². The Labute approximate surface area is 98.4 Å². The van der Waals surface area contributed by atoms with Crippen molar-refractivity contribution in [1.29, 1.82) is 0 Å². The Balaban J connectivity index is 0.000000531. The summed E-state index contributed by atoms with van der Waals surface area (Å²) in [5.74, 6) is 0. The van der Waals surface area contributed by atoms with Crippen molar-refractivity contribution in [1.82, 2.24) is 0 Å². The summed E-state index contributed by atoms with van der Waals surface area (Å²) >= 11 is 0. The van der Waals surface area contributed by atoms with Crippen molar-refractivity contribution < 1.29 is 0 Å². The van der Waals surface area contributed by atoms with Crippen LogP contribution in [0.1, 0.15) is 78.1 Å². The highest BCUT2D eigenvalue weighted by atomic mass is 31.1. The Morgan fingerprint density at radius 2 is 0.933 bits per heavy atom. The molecule has 2 aliphatic rings. The van der Waals surface area contributed by atoms with Crippen LogP contribution in [0.25, 0.3) is 0 Å². The Morgan fingerprint density at radius 3 is 1.27 bits per heavy atom. The molecular formula is C14H28P. The second kappa shape index (κ2) is 8.57. The SMILES string of the molecule is C1CCC([P]C2CCCCC2)CC1.CC. The van der Waals surface area contributed by atoms with E-state index in [9.17, 15) is 0 Å². The second-order valence-electron chi connectivity index (χ2n) is 4.73. The van der Waals surface area contributed by atoms with Crippen LogP contribution in [-0.2, 0) is 0 Å². The van der Waals surface area contributed by atoms with E-state index >= 15 is 0 Å². The van der Waals surface area contributed by atoms with Crippen LogP contribution in [0.3, 0.4) is 0 Å². The van der Waals surface area contributed by atoms with E-state index in [0.29, 0.717) is 0 Å². The quantitative estimate of drug-likeness (QED) is 0.537. The molecule has 0 N–H and O–H groups in total. The van der Waals surface area contributed by atoms with Crippen molar-refractivity contribution in [2.45, 2.75) is 89.4 Å². The Morgan fingerprint density at radius 1 is 0.600 bits per heavy atom. The molecule has 0 spiro atoms. The summed E-state index contributed by atoms with van der Waals surface area (Å²) < 4.78 is 0. The van der Waals surface area contributed by atoms with Crippen LogP contribution < -0.4 is 0 Å². The van der Waals surface area contributed by atoms with Crippen molar-refractivity contribution in [2.75, 3.05) is 0 Å². The van der Waals surface area contributed by atoms with E-state index in [1.807, 2.05) is 22.4 Å². The highest BCUT2D eigenvalue weighted by Crippen LogP contribution is 2.41. The smallest absolute Gasteiger partial charge is 0.0168 e. The fourth-order valence-electron chi connectivity index (χ4n) is 2.76. The van der Waals surface area contributed by atoms with Gasteiger partial charge >= 0.3 is 0 Å². The van der Waals surface area contributed by atoms with Crippen molar-refractivity contribution in [3.8, 4) is 0 Å². The largest absolute Gasteiger partial charge is 0.0741 e. The Bertz CT molecular complexity index is 116. The third-order valence-corrected chi connectivity index (χ3v) is 5.45. The van der Waals surface area contributed by atoms with Gasteiger partial charge in [-0.3, -0.25) is 0 Å². The summed E-state index contributed by atoms with van der Waals surface area (Å²) in [6.45, 7) is 4.00. The molecule has 0 unspecified atom stereocenters. The number of hydrogen-bond donors (Lipinski definition) is 0. The molecule has 0 heterocycles. The predicted octanol–water partition coefficient (Wildman–Crippen LogP) is 5.62. The molecule has 1 heteroatoms. The average molecular weight is 227 g/mol. The number of rotatable bonds is 2. The molecular weight excluding hydrogens is 199 g/mol. The molecule has 0 nitrogen and oxygen atoms in total. The zero-order chi connectivity index (χ0) is 10.9. The van der Waals surface area contributed by atoms with Gasteiger partial charge in [0.1, 0.15) is 0 Å². The van der Waals surface area contributed by atoms with Crippen molar-refractivity contribution in [3.63, 3.8) is 0 Å². The van der Waals surface area contributed by atoms with Crippen LogP contribution in [0.4, 0.5) is 0 Å². The van der Waals surface area contributed by atoms with Crippen molar-refractivity contribution in [2.24, 2.45) is 0 Å². The van der Waals surface area contributed by atoms with E-state index < -0.39 is 0 Å². The van der Waals surface area contributed by atoms with Gasteiger partial charge in [0.05, 0.1) is 0 Å². The molecule has 2 saturated carbocycles. The maximum Gasteiger partial charge on any atom is -0.0168 e. The Hall–Kier alpha value is 0.430. The highest BCUT2D eigenvalue weighted by Gasteiger charge is 2.20. The molecule has 0 aromatic heterocycles. The van der Waals surface area contributed by atoms with Gasteiger partial charge in [-0.25, -0.2) is 0 Å². The first-order valence-corrected chi connectivity index (χ1v) is 8.18. The summed E-state index contributed by atoms with van der Waals surface area (Å²) in [5.41, 5.74) is 2.19. The maximum atomic E-state index is 2.00. The molecule has 0 atom stereocenters. The minimum absolute atomic E-state index is 1.09. The molecule has 1 radical (unpaired) electrons. The lowest BCUT2D eigenvalue weighted by molar-refractivity contribution is 0.490. The molecule has 2 aliphatic carbocycles. The summed E-state index contributed by atoms with van der Waals surface area (Å²) in [4.78, 5) is 0. The normalized spacial score (nSPS) is 24.4. The maximum absolute atomic E-state index is 2.00. The van der Waals surface area contributed by atoms with Gasteiger partial charge in [-0.1, -0.05) is 61.0 Å². The molecule has 15 heavy (non-hydrogen) atoms. The lowest BCUT2D eigenvalue weighted by atomic mass is 10.00. The summed E-state index contributed by atoms with van der Waals surface area (Å²) in [7, 11) is 1.84. The first-order chi connectivity index (χ1) is 7.45. The van der Waals surface area contributed by atoms with Gasteiger partial charge in [-0.05, 0) is 37.0 Å². The predicted molar refractivity (Wildman–Crippen MR) is 72.0 cm³/mol. The fourth-order valence-corrected chi connectivity index (χ4v) is 4.68. The van der Waals surface area contributed by atoms with E-state index in [0.717, 1.165) is 11.3 Å². The first-order valence-electron chi connectivity index (χ1n) is 7.15.